The number of aromatic hydroxyl groups is 1. The lowest BCUT2D eigenvalue weighted by Gasteiger charge is -2.31. The number of esters is 2. The summed E-state index contributed by atoms with van der Waals surface area (Å²) in [6.45, 7) is 11.5. The summed E-state index contributed by atoms with van der Waals surface area (Å²) in [5.74, 6) is -4.26. The van der Waals surface area contributed by atoms with Gasteiger partial charge in [0.25, 0.3) is 0 Å². The van der Waals surface area contributed by atoms with E-state index in [0.717, 1.165) is 12.1 Å². The molecule has 0 saturated heterocycles. The second-order valence-electron chi connectivity index (χ2n) is 13.0. The van der Waals surface area contributed by atoms with Gasteiger partial charge in [0, 0.05) is 5.92 Å². The molecule has 4 aromatic carbocycles. The number of carbonyl (C=O) groups excluding carboxylic acids is 2. The SMILES string of the molecule is CC(C)(C)c1cc([C@@H](c2ccc(C(F)(F)F)cc2)C(C(=O)Oc2ccccc2)C(=O)Oc2ccccc2)cc(C(C)(C)C)c1O. The Morgan fingerprint density at radius 3 is 1.38 bits per heavy atom. The first-order valence-electron chi connectivity index (χ1n) is 14.6. The predicted molar refractivity (Wildman–Crippen MR) is 166 cm³/mol. The second kappa shape index (κ2) is 12.8. The number of halogens is 3. The summed E-state index contributed by atoms with van der Waals surface area (Å²) < 4.78 is 52.1. The van der Waals surface area contributed by atoms with E-state index in [2.05, 4.69) is 0 Å². The van der Waals surface area contributed by atoms with Gasteiger partial charge in [0.15, 0.2) is 5.92 Å². The summed E-state index contributed by atoms with van der Waals surface area (Å²) in [5.41, 5.74) is -0.237. The van der Waals surface area contributed by atoms with Gasteiger partial charge in [-0.25, -0.2) is 0 Å². The molecule has 5 nitrogen and oxygen atoms in total. The van der Waals surface area contributed by atoms with Gasteiger partial charge in [-0.1, -0.05) is 102 Å². The van der Waals surface area contributed by atoms with Crippen molar-refractivity contribution in [2.75, 3.05) is 0 Å². The average Bonchev–Trinajstić information content (AvgIpc) is 2.95. The third-order valence-electron chi connectivity index (χ3n) is 7.47. The van der Waals surface area contributed by atoms with E-state index in [1.165, 1.54) is 12.1 Å². The Bertz CT molecular complexity index is 1540. The summed E-state index contributed by atoms with van der Waals surface area (Å²) in [6, 6.07) is 24.1. The van der Waals surface area contributed by atoms with Crippen LogP contribution in [0.1, 0.15) is 75.3 Å². The number of hydrogen-bond acceptors (Lipinski definition) is 5. The van der Waals surface area contributed by atoms with Crippen molar-refractivity contribution in [3.05, 3.63) is 125 Å². The molecule has 0 aliphatic carbocycles. The van der Waals surface area contributed by atoms with Gasteiger partial charge in [-0.15, -0.1) is 0 Å². The lowest BCUT2D eigenvalue weighted by atomic mass is 9.73. The molecule has 0 fully saturated rings. The first-order chi connectivity index (χ1) is 21.0. The summed E-state index contributed by atoms with van der Waals surface area (Å²) >= 11 is 0. The monoisotopic (exact) mass is 618 g/mol. The molecule has 0 bridgehead atoms. The molecule has 4 rings (SSSR count). The van der Waals surface area contributed by atoms with Crippen molar-refractivity contribution < 1.29 is 37.3 Å². The molecule has 8 heteroatoms. The topological polar surface area (TPSA) is 72.8 Å². The molecule has 45 heavy (non-hydrogen) atoms. The number of ether oxygens (including phenoxy) is 2. The second-order valence-corrected chi connectivity index (χ2v) is 13.0. The fourth-order valence-electron chi connectivity index (χ4n) is 5.14. The molecule has 236 valence electrons. The molecular weight excluding hydrogens is 581 g/mol. The lowest BCUT2D eigenvalue weighted by molar-refractivity contribution is -0.152. The predicted octanol–water partition coefficient (Wildman–Crippen LogP) is 8.97. The van der Waals surface area contributed by atoms with Crippen molar-refractivity contribution in [3.63, 3.8) is 0 Å². The van der Waals surface area contributed by atoms with Crippen molar-refractivity contribution >= 4 is 11.9 Å². The average molecular weight is 619 g/mol. The normalized spacial score (nSPS) is 12.9. The molecule has 0 aliphatic rings. The third-order valence-corrected chi connectivity index (χ3v) is 7.47. The van der Waals surface area contributed by atoms with Crippen LogP contribution in [0, 0.1) is 5.92 Å². The van der Waals surface area contributed by atoms with Crippen molar-refractivity contribution in [2.45, 2.75) is 64.5 Å². The maximum absolute atomic E-state index is 14.0. The number of phenols is 1. The smallest absolute Gasteiger partial charge is 0.416 e. The van der Waals surface area contributed by atoms with Crippen LogP contribution in [0.25, 0.3) is 0 Å². The zero-order chi connectivity index (χ0) is 33.2. The van der Waals surface area contributed by atoms with Crippen molar-refractivity contribution in [3.8, 4) is 17.2 Å². The van der Waals surface area contributed by atoms with Gasteiger partial charge in [0.1, 0.15) is 17.2 Å². The number of alkyl halides is 3. The standard InChI is InChI=1S/C37H37F3O5/c1-35(2,3)28-21-24(22-29(32(28)41)36(4,5)6)30(23-17-19-25(20-18-23)37(38,39)40)31(33(42)44-26-13-9-7-10-14-26)34(43)45-27-15-11-8-12-16-27/h7-22,30-31,41H,1-6H3/t30-/m1/s1. The maximum Gasteiger partial charge on any atom is 0.416 e. The van der Waals surface area contributed by atoms with Crippen LogP contribution >= 0.6 is 0 Å². The maximum atomic E-state index is 14.0. The van der Waals surface area contributed by atoms with Crippen LogP contribution in [0.4, 0.5) is 13.2 Å². The van der Waals surface area contributed by atoms with Gasteiger partial charge in [-0.2, -0.15) is 13.2 Å². The van der Waals surface area contributed by atoms with E-state index in [4.69, 9.17) is 9.47 Å². The fraction of sp³-hybridized carbons (Fsp3) is 0.297. The van der Waals surface area contributed by atoms with Gasteiger partial charge < -0.3 is 14.6 Å². The minimum atomic E-state index is -4.59. The van der Waals surface area contributed by atoms with E-state index in [1.807, 2.05) is 41.5 Å². The first kappa shape index (κ1) is 33.3. The highest BCUT2D eigenvalue weighted by Crippen LogP contribution is 2.44. The molecule has 0 radical (unpaired) electrons. The molecule has 4 aromatic rings. The minimum absolute atomic E-state index is 0.0696. The highest BCUT2D eigenvalue weighted by molar-refractivity contribution is 5.98. The van der Waals surface area contributed by atoms with Crippen LogP contribution in [-0.4, -0.2) is 17.0 Å². The van der Waals surface area contributed by atoms with E-state index >= 15 is 0 Å². The fourth-order valence-corrected chi connectivity index (χ4v) is 5.14. The number of benzene rings is 4. The van der Waals surface area contributed by atoms with Gasteiger partial charge in [-0.05, 0) is 69.5 Å². The molecule has 1 N–H and O–H groups in total. The molecule has 0 amide bonds. The molecular formula is C37H37F3O5. The summed E-state index contributed by atoms with van der Waals surface area (Å²) in [5, 5.41) is 11.4. The highest BCUT2D eigenvalue weighted by atomic mass is 19.4. The number of para-hydroxylation sites is 2. The molecule has 0 saturated carbocycles. The Morgan fingerprint density at radius 1 is 0.622 bits per heavy atom. The van der Waals surface area contributed by atoms with Gasteiger partial charge in [0.05, 0.1) is 5.56 Å². The zero-order valence-electron chi connectivity index (χ0n) is 26.1. The number of hydrogen-bond donors (Lipinski definition) is 1. The Kier molecular flexibility index (Phi) is 9.47. The Balaban J connectivity index is 2.00. The number of rotatable bonds is 7. The van der Waals surface area contributed by atoms with E-state index in [0.29, 0.717) is 16.7 Å². The number of carbonyl (C=O) groups is 2. The van der Waals surface area contributed by atoms with Crippen LogP contribution in [-0.2, 0) is 26.6 Å². The Hall–Kier alpha value is -4.59. The molecule has 0 aromatic heterocycles. The molecule has 0 spiro atoms. The first-order valence-corrected chi connectivity index (χ1v) is 14.6. The van der Waals surface area contributed by atoms with Crippen LogP contribution in [0.5, 0.6) is 17.2 Å². The van der Waals surface area contributed by atoms with E-state index < -0.39 is 46.3 Å². The van der Waals surface area contributed by atoms with E-state index in [1.54, 1.807) is 72.8 Å². The van der Waals surface area contributed by atoms with E-state index in [-0.39, 0.29) is 22.8 Å². The number of phenolic OH excluding ortho intramolecular Hbond substituents is 1. The van der Waals surface area contributed by atoms with E-state index in [9.17, 15) is 27.9 Å². The van der Waals surface area contributed by atoms with Crippen LogP contribution in [0.15, 0.2) is 97.1 Å². The van der Waals surface area contributed by atoms with Gasteiger partial charge in [-0.3, -0.25) is 9.59 Å². The molecule has 0 heterocycles. The van der Waals surface area contributed by atoms with Crippen LogP contribution in [0.3, 0.4) is 0 Å². The van der Waals surface area contributed by atoms with Crippen molar-refractivity contribution in [1.82, 2.24) is 0 Å². The van der Waals surface area contributed by atoms with Crippen molar-refractivity contribution in [1.29, 1.82) is 0 Å². The Labute approximate surface area is 261 Å². The minimum Gasteiger partial charge on any atom is -0.507 e. The van der Waals surface area contributed by atoms with Crippen LogP contribution in [0.2, 0.25) is 0 Å². The van der Waals surface area contributed by atoms with Crippen LogP contribution < -0.4 is 9.47 Å². The quantitative estimate of drug-likeness (QED) is 0.127. The summed E-state index contributed by atoms with van der Waals surface area (Å²) in [6.07, 6.45) is -4.59. The van der Waals surface area contributed by atoms with Gasteiger partial charge in [0.2, 0.25) is 0 Å². The third kappa shape index (κ3) is 7.93. The molecule has 0 aliphatic heterocycles. The van der Waals surface area contributed by atoms with Crippen molar-refractivity contribution in [2.24, 2.45) is 5.92 Å². The summed E-state index contributed by atoms with van der Waals surface area (Å²) in [4.78, 5) is 28.1. The molecule has 1 atom stereocenters. The highest BCUT2D eigenvalue weighted by Gasteiger charge is 2.42. The molecule has 0 unspecified atom stereocenters. The zero-order valence-corrected chi connectivity index (χ0v) is 26.1. The Morgan fingerprint density at radius 2 is 1.02 bits per heavy atom. The summed E-state index contributed by atoms with van der Waals surface area (Å²) in [7, 11) is 0. The lowest BCUT2D eigenvalue weighted by Crippen LogP contribution is -2.37. The largest absolute Gasteiger partial charge is 0.507 e. The van der Waals surface area contributed by atoms with Gasteiger partial charge >= 0.3 is 18.1 Å².